The molecule has 2 heterocycles. The summed E-state index contributed by atoms with van der Waals surface area (Å²) in [6.45, 7) is 0. The molecule has 4 heteroatoms. The molecule has 0 aliphatic rings. The third-order valence-corrected chi connectivity index (χ3v) is 1.59. The van der Waals surface area contributed by atoms with Crippen molar-refractivity contribution in [3.8, 4) is 0 Å². The fraction of sp³-hybridized carbons (Fsp3) is 0. The Hall–Kier alpha value is -1.71. The van der Waals surface area contributed by atoms with Crippen LogP contribution in [0.2, 0.25) is 0 Å². The van der Waals surface area contributed by atoms with E-state index in [9.17, 15) is 9.18 Å². The second kappa shape index (κ2) is 2.41. The van der Waals surface area contributed by atoms with Gasteiger partial charge in [-0.3, -0.25) is 4.79 Å². The first-order valence-corrected chi connectivity index (χ1v) is 3.40. The first-order chi connectivity index (χ1) is 5.79. The minimum Gasteiger partial charge on any atom is -0.298 e. The quantitative estimate of drug-likeness (QED) is 0.595. The maximum absolute atomic E-state index is 12.5. The second-order valence-corrected chi connectivity index (χ2v) is 2.41. The van der Waals surface area contributed by atoms with Crippen molar-refractivity contribution in [3.63, 3.8) is 0 Å². The molecule has 0 fully saturated rings. The van der Waals surface area contributed by atoms with E-state index in [0.29, 0.717) is 17.4 Å². The number of nitrogens with zero attached hydrogens (tertiary/aromatic N) is 2. The van der Waals surface area contributed by atoms with E-state index in [1.807, 2.05) is 0 Å². The summed E-state index contributed by atoms with van der Waals surface area (Å²) >= 11 is 0. The Bertz CT molecular complexity index is 436. The number of aromatic nitrogens is 2. The highest BCUT2D eigenvalue weighted by atomic mass is 19.1. The van der Waals surface area contributed by atoms with Crippen LogP contribution in [-0.4, -0.2) is 15.9 Å². The molecule has 0 saturated heterocycles. The van der Waals surface area contributed by atoms with E-state index in [1.54, 1.807) is 18.3 Å². The fourth-order valence-corrected chi connectivity index (χ4v) is 1.05. The number of hydrogen-bond donors (Lipinski definition) is 0. The number of carbonyl (C=O) groups is 1. The summed E-state index contributed by atoms with van der Waals surface area (Å²) in [7, 11) is 0. The van der Waals surface area contributed by atoms with Crippen molar-refractivity contribution in [2.45, 2.75) is 0 Å². The van der Waals surface area contributed by atoms with Gasteiger partial charge < -0.3 is 0 Å². The number of pyridine rings is 1. The lowest BCUT2D eigenvalue weighted by Crippen LogP contribution is -1.88. The van der Waals surface area contributed by atoms with E-state index in [1.165, 1.54) is 10.6 Å². The Morgan fingerprint density at radius 2 is 2.33 bits per heavy atom. The standard InChI is InChI=1S/C8H5FN2O/c9-8-4-7-3-6(5-12)1-2-11(7)10-8/h1-5H. The molecular weight excluding hydrogens is 159 g/mol. The average Bonchev–Trinajstić information content (AvgIpc) is 2.43. The van der Waals surface area contributed by atoms with Crippen LogP contribution < -0.4 is 0 Å². The van der Waals surface area contributed by atoms with Gasteiger partial charge in [0, 0.05) is 17.8 Å². The van der Waals surface area contributed by atoms with E-state index in [0.717, 1.165) is 0 Å². The SMILES string of the molecule is O=Cc1ccn2nc(F)cc2c1. The lowest BCUT2D eigenvalue weighted by molar-refractivity contribution is 0.112. The van der Waals surface area contributed by atoms with Gasteiger partial charge in [0.15, 0.2) is 0 Å². The van der Waals surface area contributed by atoms with E-state index in [-0.39, 0.29) is 0 Å². The molecule has 0 unspecified atom stereocenters. The highest BCUT2D eigenvalue weighted by Gasteiger charge is 1.99. The van der Waals surface area contributed by atoms with E-state index in [4.69, 9.17) is 0 Å². The zero-order valence-corrected chi connectivity index (χ0v) is 6.07. The van der Waals surface area contributed by atoms with Gasteiger partial charge in [-0.15, -0.1) is 5.10 Å². The third kappa shape index (κ3) is 0.972. The average molecular weight is 164 g/mol. The predicted molar refractivity (Wildman–Crippen MR) is 40.5 cm³/mol. The Morgan fingerprint density at radius 1 is 1.50 bits per heavy atom. The molecule has 0 atom stereocenters. The van der Waals surface area contributed by atoms with Crippen LogP contribution in [0, 0.1) is 5.95 Å². The van der Waals surface area contributed by atoms with Gasteiger partial charge in [-0.05, 0) is 12.1 Å². The molecule has 0 aromatic carbocycles. The largest absolute Gasteiger partial charge is 0.298 e. The van der Waals surface area contributed by atoms with Crippen LogP contribution in [0.4, 0.5) is 4.39 Å². The molecule has 0 amide bonds. The number of rotatable bonds is 1. The number of fused-ring (bicyclic) bond motifs is 1. The number of halogens is 1. The molecule has 3 nitrogen and oxygen atoms in total. The monoisotopic (exact) mass is 164 g/mol. The van der Waals surface area contributed by atoms with E-state index in [2.05, 4.69) is 5.10 Å². The van der Waals surface area contributed by atoms with Crippen molar-refractivity contribution in [2.75, 3.05) is 0 Å². The topological polar surface area (TPSA) is 34.4 Å². The Balaban J connectivity index is 2.74. The van der Waals surface area contributed by atoms with Crippen LogP contribution in [-0.2, 0) is 0 Å². The van der Waals surface area contributed by atoms with E-state index >= 15 is 0 Å². The minimum atomic E-state index is -0.543. The number of hydrogen-bond acceptors (Lipinski definition) is 2. The number of aldehydes is 1. The predicted octanol–water partition coefficient (Wildman–Crippen LogP) is 1.29. The van der Waals surface area contributed by atoms with Crippen molar-refractivity contribution in [1.82, 2.24) is 9.61 Å². The summed E-state index contributed by atoms with van der Waals surface area (Å²) in [5.74, 6) is -0.543. The van der Waals surface area contributed by atoms with Gasteiger partial charge in [-0.1, -0.05) is 0 Å². The molecule has 2 aromatic rings. The molecule has 0 N–H and O–H groups in total. The van der Waals surface area contributed by atoms with Crippen LogP contribution in [0.25, 0.3) is 5.52 Å². The van der Waals surface area contributed by atoms with Crippen molar-refractivity contribution >= 4 is 11.8 Å². The first-order valence-electron chi connectivity index (χ1n) is 3.40. The zero-order chi connectivity index (χ0) is 8.55. The maximum Gasteiger partial charge on any atom is 0.233 e. The summed E-state index contributed by atoms with van der Waals surface area (Å²) in [4.78, 5) is 10.3. The van der Waals surface area contributed by atoms with Crippen LogP contribution in [0.3, 0.4) is 0 Å². The van der Waals surface area contributed by atoms with Gasteiger partial charge in [0.2, 0.25) is 5.95 Å². The van der Waals surface area contributed by atoms with Crippen LogP contribution >= 0.6 is 0 Å². The van der Waals surface area contributed by atoms with Crippen LogP contribution in [0.15, 0.2) is 24.4 Å². The molecule has 0 aliphatic heterocycles. The maximum atomic E-state index is 12.5. The third-order valence-electron chi connectivity index (χ3n) is 1.59. The van der Waals surface area contributed by atoms with Crippen molar-refractivity contribution in [3.05, 3.63) is 35.9 Å². The first kappa shape index (κ1) is 6.97. The van der Waals surface area contributed by atoms with Gasteiger partial charge in [0.1, 0.15) is 6.29 Å². The summed E-state index contributed by atoms with van der Waals surface area (Å²) in [6, 6.07) is 4.42. The molecule has 2 rings (SSSR count). The molecule has 0 aliphatic carbocycles. The van der Waals surface area contributed by atoms with E-state index < -0.39 is 5.95 Å². The highest BCUT2D eigenvalue weighted by molar-refractivity contribution is 5.77. The zero-order valence-electron chi connectivity index (χ0n) is 6.07. The van der Waals surface area contributed by atoms with Gasteiger partial charge in [-0.25, -0.2) is 4.52 Å². The molecule has 60 valence electrons. The summed E-state index contributed by atoms with van der Waals surface area (Å²) in [5, 5.41) is 3.52. The van der Waals surface area contributed by atoms with Crippen LogP contribution in [0.5, 0.6) is 0 Å². The Labute approximate surface area is 67.4 Å². The number of carbonyl (C=O) groups excluding carboxylic acids is 1. The Morgan fingerprint density at radius 3 is 3.08 bits per heavy atom. The summed E-state index contributed by atoms with van der Waals surface area (Å²) in [6.07, 6.45) is 2.26. The van der Waals surface area contributed by atoms with Crippen LogP contribution in [0.1, 0.15) is 10.4 Å². The fourth-order valence-electron chi connectivity index (χ4n) is 1.05. The van der Waals surface area contributed by atoms with Gasteiger partial charge >= 0.3 is 0 Å². The van der Waals surface area contributed by atoms with Crippen molar-refractivity contribution in [2.24, 2.45) is 0 Å². The minimum absolute atomic E-state index is 0.516. The molecular formula is C8H5FN2O. The molecule has 0 saturated carbocycles. The smallest absolute Gasteiger partial charge is 0.233 e. The lowest BCUT2D eigenvalue weighted by atomic mass is 10.3. The van der Waals surface area contributed by atoms with Gasteiger partial charge in [-0.2, -0.15) is 4.39 Å². The lowest BCUT2D eigenvalue weighted by Gasteiger charge is -1.91. The summed E-state index contributed by atoms with van der Waals surface area (Å²) in [5.41, 5.74) is 1.10. The highest BCUT2D eigenvalue weighted by Crippen LogP contribution is 2.06. The van der Waals surface area contributed by atoms with Gasteiger partial charge in [0.25, 0.3) is 0 Å². The Kier molecular flexibility index (Phi) is 1.40. The van der Waals surface area contributed by atoms with Crippen molar-refractivity contribution in [1.29, 1.82) is 0 Å². The molecule has 0 radical (unpaired) electrons. The van der Waals surface area contributed by atoms with Gasteiger partial charge in [0.05, 0.1) is 5.52 Å². The summed E-state index contributed by atoms with van der Waals surface area (Å²) < 4.78 is 13.9. The van der Waals surface area contributed by atoms with Crippen molar-refractivity contribution < 1.29 is 9.18 Å². The molecule has 0 bridgehead atoms. The molecule has 0 spiro atoms. The second-order valence-electron chi connectivity index (χ2n) is 2.41. The normalized spacial score (nSPS) is 10.4. The molecule has 2 aromatic heterocycles. The molecule has 12 heavy (non-hydrogen) atoms.